The van der Waals surface area contributed by atoms with Crippen molar-refractivity contribution in [2.45, 2.75) is 46.0 Å². The van der Waals surface area contributed by atoms with Crippen molar-refractivity contribution in [3.05, 3.63) is 0 Å². The molecule has 0 aromatic carbocycles. The molecule has 70 valence electrons. The molecule has 0 aromatic rings. The Kier molecular flexibility index (Phi) is 5.60. The molecular formula is C10H18O2. The number of carbonyl (C=O) groups is 2. The highest BCUT2D eigenvalue weighted by Gasteiger charge is 2.24. The zero-order valence-electron chi connectivity index (χ0n) is 8.01. The molecule has 0 amide bonds. The van der Waals surface area contributed by atoms with Gasteiger partial charge in [-0.2, -0.15) is 0 Å². The van der Waals surface area contributed by atoms with Crippen molar-refractivity contribution in [1.29, 1.82) is 0 Å². The highest BCUT2D eigenvalue weighted by molar-refractivity contribution is 5.52. The maximum atomic E-state index is 10.4. The lowest BCUT2D eigenvalue weighted by atomic mass is 9.76. The fraction of sp³-hybridized carbons (Fsp3) is 0.800. The first kappa shape index (κ1) is 11.3. The highest BCUT2D eigenvalue weighted by Crippen LogP contribution is 2.34. The Hall–Kier alpha value is -0.660. The third-order valence-corrected chi connectivity index (χ3v) is 2.81. The van der Waals surface area contributed by atoms with E-state index in [1.165, 1.54) is 0 Å². The first-order valence-corrected chi connectivity index (χ1v) is 4.62. The molecule has 0 aromatic heterocycles. The molecule has 0 saturated carbocycles. The van der Waals surface area contributed by atoms with Crippen molar-refractivity contribution < 1.29 is 9.59 Å². The Labute approximate surface area is 74.3 Å². The van der Waals surface area contributed by atoms with Crippen molar-refractivity contribution in [2.24, 2.45) is 5.41 Å². The second-order valence-electron chi connectivity index (χ2n) is 3.28. The standard InChI is InChI=1S/C10H18O2/c1-3-10(4-2,7-9-12)6-5-8-11/h8-9H,3-7H2,1-2H3. The van der Waals surface area contributed by atoms with E-state index in [1.54, 1.807) is 0 Å². The quantitative estimate of drug-likeness (QED) is 0.550. The first-order chi connectivity index (χ1) is 5.74. The maximum absolute atomic E-state index is 10.4. The minimum Gasteiger partial charge on any atom is -0.303 e. The molecule has 0 atom stereocenters. The number of rotatable bonds is 7. The lowest BCUT2D eigenvalue weighted by molar-refractivity contribution is -0.112. The van der Waals surface area contributed by atoms with Gasteiger partial charge in [0.2, 0.25) is 0 Å². The summed E-state index contributed by atoms with van der Waals surface area (Å²) >= 11 is 0. The van der Waals surface area contributed by atoms with E-state index < -0.39 is 0 Å². The molecule has 0 N–H and O–H groups in total. The molecule has 0 saturated heterocycles. The predicted octanol–water partition coefficient (Wildman–Crippen LogP) is 2.36. The molecule has 0 unspecified atom stereocenters. The van der Waals surface area contributed by atoms with Gasteiger partial charge < -0.3 is 9.59 Å². The molecule has 12 heavy (non-hydrogen) atoms. The molecule has 0 fully saturated rings. The molecule has 2 nitrogen and oxygen atoms in total. The van der Waals surface area contributed by atoms with Crippen molar-refractivity contribution in [2.75, 3.05) is 0 Å². The summed E-state index contributed by atoms with van der Waals surface area (Å²) in [4.78, 5) is 20.6. The van der Waals surface area contributed by atoms with Gasteiger partial charge in [0.05, 0.1) is 0 Å². The molecule has 2 heteroatoms. The summed E-state index contributed by atoms with van der Waals surface area (Å²) in [5.74, 6) is 0. The molecule has 0 bridgehead atoms. The SMILES string of the molecule is CCC(CC)(CC=O)CCC=O. The summed E-state index contributed by atoms with van der Waals surface area (Å²) in [6.07, 6.45) is 5.89. The molecule has 0 spiro atoms. The Morgan fingerprint density at radius 2 is 1.67 bits per heavy atom. The fourth-order valence-corrected chi connectivity index (χ4v) is 1.54. The van der Waals surface area contributed by atoms with Crippen LogP contribution < -0.4 is 0 Å². The van der Waals surface area contributed by atoms with Crippen LogP contribution >= 0.6 is 0 Å². The average molecular weight is 170 g/mol. The summed E-state index contributed by atoms with van der Waals surface area (Å²) < 4.78 is 0. The number of aldehydes is 2. The largest absolute Gasteiger partial charge is 0.303 e. The monoisotopic (exact) mass is 170 g/mol. The molecule has 0 heterocycles. The van der Waals surface area contributed by atoms with Gasteiger partial charge in [-0.05, 0) is 11.8 Å². The second-order valence-corrected chi connectivity index (χ2v) is 3.28. The van der Waals surface area contributed by atoms with Crippen molar-refractivity contribution >= 4 is 12.6 Å². The van der Waals surface area contributed by atoms with Gasteiger partial charge in [0.1, 0.15) is 12.6 Å². The van der Waals surface area contributed by atoms with E-state index in [4.69, 9.17) is 0 Å². The van der Waals surface area contributed by atoms with Gasteiger partial charge in [0.15, 0.2) is 0 Å². The zero-order chi connectivity index (χ0) is 9.45. The normalized spacial score (nSPS) is 11.2. The minimum atomic E-state index is 0.0860. The summed E-state index contributed by atoms with van der Waals surface area (Å²) in [6, 6.07) is 0. The lowest BCUT2D eigenvalue weighted by Gasteiger charge is -2.28. The molecular weight excluding hydrogens is 152 g/mol. The Bertz CT molecular complexity index is 137. The molecule has 0 rings (SSSR count). The van der Waals surface area contributed by atoms with Crippen LogP contribution in [-0.2, 0) is 9.59 Å². The molecule has 0 aliphatic rings. The Morgan fingerprint density at radius 3 is 2.00 bits per heavy atom. The number of carbonyl (C=O) groups excluding carboxylic acids is 2. The maximum Gasteiger partial charge on any atom is 0.120 e. The topological polar surface area (TPSA) is 34.1 Å². The predicted molar refractivity (Wildman–Crippen MR) is 49.0 cm³/mol. The van der Waals surface area contributed by atoms with Crippen LogP contribution in [0.1, 0.15) is 46.0 Å². The van der Waals surface area contributed by atoms with Gasteiger partial charge in [0.25, 0.3) is 0 Å². The smallest absolute Gasteiger partial charge is 0.120 e. The highest BCUT2D eigenvalue weighted by atomic mass is 16.1. The fourth-order valence-electron chi connectivity index (χ4n) is 1.54. The third-order valence-electron chi connectivity index (χ3n) is 2.81. The second kappa shape index (κ2) is 5.92. The minimum absolute atomic E-state index is 0.0860. The van der Waals surface area contributed by atoms with Crippen molar-refractivity contribution in [3.8, 4) is 0 Å². The van der Waals surface area contributed by atoms with Crippen molar-refractivity contribution in [1.82, 2.24) is 0 Å². The van der Waals surface area contributed by atoms with Gasteiger partial charge >= 0.3 is 0 Å². The van der Waals surface area contributed by atoms with Crippen LogP contribution in [0.5, 0.6) is 0 Å². The molecule has 0 aliphatic heterocycles. The molecule has 0 radical (unpaired) electrons. The number of hydrogen-bond acceptors (Lipinski definition) is 2. The van der Waals surface area contributed by atoms with E-state index in [2.05, 4.69) is 13.8 Å². The molecule has 0 aliphatic carbocycles. The van der Waals surface area contributed by atoms with Crippen LogP contribution in [0.4, 0.5) is 0 Å². The average Bonchev–Trinajstić information content (AvgIpc) is 2.13. The Morgan fingerprint density at radius 1 is 1.08 bits per heavy atom. The summed E-state index contributed by atoms with van der Waals surface area (Å²) in [5.41, 5.74) is 0.0860. The van der Waals surface area contributed by atoms with Crippen LogP contribution in [-0.4, -0.2) is 12.6 Å². The third kappa shape index (κ3) is 3.16. The van der Waals surface area contributed by atoms with Gasteiger partial charge in [-0.3, -0.25) is 0 Å². The summed E-state index contributed by atoms with van der Waals surface area (Å²) in [7, 11) is 0. The van der Waals surface area contributed by atoms with Crippen LogP contribution in [0.15, 0.2) is 0 Å². The Balaban J connectivity index is 4.12. The summed E-state index contributed by atoms with van der Waals surface area (Å²) in [5, 5.41) is 0. The van der Waals surface area contributed by atoms with E-state index in [9.17, 15) is 9.59 Å². The van der Waals surface area contributed by atoms with E-state index in [-0.39, 0.29) is 5.41 Å². The van der Waals surface area contributed by atoms with Gasteiger partial charge in [-0.15, -0.1) is 0 Å². The van der Waals surface area contributed by atoms with Crippen LogP contribution in [0.2, 0.25) is 0 Å². The van der Waals surface area contributed by atoms with Crippen LogP contribution in [0.25, 0.3) is 0 Å². The summed E-state index contributed by atoms with van der Waals surface area (Å²) in [6.45, 7) is 4.16. The van der Waals surface area contributed by atoms with Gasteiger partial charge in [-0.25, -0.2) is 0 Å². The lowest BCUT2D eigenvalue weighted by Crippen LogP contribution is -2.19. The van der Waals surface area contributed by atoms with Crippen LogP contribution in [0.3, 0.4) is 0 Å². The van der Waals surface area contributed by atoms with E-state index in [1.807, 2.05) is 0 Å². The van der Waals surface area contributed by atoms with E-state index in [0.717, 1.165) is 31.8 Å². The van der Waals surface area contributed by atoms with E-state index >= 15 is 0 Å². The van der Waals surface area contributed by atoms with Crippen LogP contribution in [0, 0.1) is 5.41 Å². The van der Waals surface area contributed by atoms with Crippen molar-refractivity contribution in [3.63, 3.8) is 0 Å². The van der Waals surface area contributed by atoms with Gasteiger partial charge in [0, 0.05) is 12.8 Å². The zero-order valence-corrected chi connectivity index (χ0v) is 8.01. The first-order valence-electron chi connectivity index (χ1n) is 4.62. The van der Waals surface area contributed by atoms with E-state index in [0.29, 0.717) is 12.8 Å². The number of hydrogen-bond donors (Lipinski definition) is 0. The van der Waals surface area contributed by atoms with Gasteiger partial charge in [-0.1, -0.05) is 26.7 Å².